The van der Waals surface area contributed by atoms with Gasteiger partial charge in [0.25, 0.3) is 0 Å². The van der Waals surface area contributed by atoms with Crippen LogP contribution >= 0.6 is 0 Å². The smallest absolute Gasteiger partial charge is 0.193 e. The van der Waals surface area contributed by atoms with E-state index in [1.165, 1.54) is 17.5 Å². The molecule has 2 aromatic rings. The van der Waals surface area contributed by atoms with E-state index in [-0.39, 0.29) is 0 Å². The van der Waals surface area contributed by atoms with E-state index in [0.29, 0.717) is 12.0 Å². The molecule has 6 heteroatoms. The quantitative estimate of drug-likeness (QED) is 0.510. The van der Waals surface area contributed by atoms with Crippen molar-refractivity contribution in [2.45, 2.75) is 45.7 Å². The minimum Gasteiger partial charge on any atom is -0.357 e. The van der Waals surface area contributed by atoms with E-state index < -0.39 is 0 Å². The van der Waals surface area contributed by atoms with Crippen LogP contribution in [0, 0.1) is 5.92 Å². The van der Waals surface area contributed by atoms with Gasteiger partial charge in [-0.05, 0) is 57.2 Å². The number of aliphatic imine (C=N–C) groups is 1. The summed E-state index contributed by atoms with van der Waals surface area (Å²) >= 11 is 0. The van der Waals surface area contributed by atoms with Crippen LogP contribution in [0.4, 0.5) is 0 Å². The minimum absolute atomic E-state index is 0.494. The first-order chi connectivity index (χ1) is 14.5. The molecule has 1 aliphatic rings. The third-order valence-electron chi connectivity index (χ3n) is 6.04. The second-order valence-electron chi connectivity index (χ2n) is 8.60. The van der Waals surface area contributed by atoms with Gasteiger partial charge in [-0.25, -0.2) is 0 Å². The van der Waals surface area contributed by atoms with Gasteiger partial charge in [-0.15, -0.1) is 0 Å². The van der Waals surface area contributed by atoms with Crippen LogP contribution in [0.1, 0.15) is 37.8 Å². The average molecular weight is 411 g/mol. The van der Waals surface area contributed by atoms with Gasteiger partial charge < -0.3 is 10.2 Å². The maximum absolute atomic E-state index is 4.96. The Bertz CT molecular complexity index is 784. The van der Waals surface area contributed by atoms with E-state index in [2.05, 4.69) is 77.6 Å². The number of likely N-dealkylation sites (tertiary alicyclic amines) is 1. The zero-order valence-electron chi connectivity index (χ0n) is 19.1. The molecule has 0 aliphatic carbocycles. The number of guanidine groups is 1. The highest BCUT2D eigenvalue weighted by Gasteiger charge is 2.25. The van der Waals surface area contributed by atoms with E-state index >= 15 is 0 Å². The number of nitrogens with one attached hydrogen (secondary N) is 1. The first-order valence-electron chi connectivity index (χ1n) is 11.3. The molecule has 2 unspecified atom stereocenters. The predicted octanol–water partition coefficient (Wildman–Crippen LogP) is 3.16. The normalized spacial score (nSPS) is 18.2. The third-order valence-corrected chi connectivity index (χ3v) is 6.04. The molecule has 2 heterocycles. The molecular formula is C24H38N6. The number of hydrogen-bond donors (Lipinski definition) is 1. The molecule has 1 aromatic carbocycles. The molecule has 0 bridgehead atoms. The Labute approximate surface area is 182 Å². The molecule has 0 spiro atoms. The molecule has 3 rings (SSSR count). The number of nitrogens with zero attached hydrogens (tertiary/aromatic N) is 5. The molecule has 164 valence electrons. The van der Waals surface area contributed by atoms with E-state index in [4.69, 9.17) is 4.99 Å². The number of hydrogen-bond acceptors (Lipinski definition) is 3. The fraction of sp³-hybridized carbons (Fsp3) is 0.583. The molecular weight excluding hydrogens is 372 g/mol. The molecule has 30 heavy (non-hydrogen) atoms. The van der Waals surface area contributed by atoms with Crippen LogP contribution in [0.5, 0.6) is 0 Å². The third kappa shape index (κ3) is 6.59. The number of rotatable bonds is 9. The summed E-state index contributed by atoms with van der Waals surface area (Å²) in [6, 6.07) is 11.2. The lowest BCUT2D eigenvalue weighted by Gasteiger charge is -2.25. The summed E-state index contributed by atoms with van der Waals surface area (Å²) in [4.78, 5) is 9.81. The number of aromatic nitrogens is 2. The monoisotopic (exact) mass is 410 g/mol. The maximum atomic E-state index is 4.96. The molecule has 1 aromatic heterocycles. The largest absolute Gasteiger partial charge is 0.357 e. The second kappa shape index (κ2) is 11.2. The Morgan fingerprint density at radius 1 is 1.30 bits per heavy atom. The average Bonchev–Trinajstić information content (AvgIpc) is 3.37. The van der Waals surface area contributed by atoms with Gasteiger partial charge in [-0.3, -0.25) is 14.6 Å². The van der Waals surface area contributed by atoms with Gasteiger partial charge in [-0.1, -0.05) is 30.3 Å². The van der Waals surface area contributed by atoms with Crippen molar-refractivity contribution in [1.29, 1.82) is 0 Å². The van der Waals surface area contributed by atoms with Crippen molar-refractivity contribution in [3.05, 3.63) is 53.9 Å². The number of benzene rings is 1. The summed E-state index contributed by atoms with van der Waals surface area (Å²) in [6.07, 6.45) is 7.51. The molecule has 2 atom stereocenters. The van der Waals surface area contributed by atoms with Crippen molar-refractivity contribution in [3.63, 3.8) is 0 Å². The van der Waals surface area contributed by atoms with Gasteiger partial charge in [0.05, 0.1) is 6.20 Å². The van der Waals surface area contributed by atoms with E-state index in [1.54, 1.807) is 0 Å². The molecule has 1 N–H and O–H groups in total. The predicted molar refractivity (Wildman–Crippen MR) is 125 cm³/mol. The Kier molecular flexibility index (Phi) is 8.31. The van der Waals surface area contributed by atoms with Crippen molar-refractivity contribution >= 4 is 5.96 Å². The molecule has 6 nitrogen and oxygen atoms in total. The zero-order chi connectivity index (χ0) is 21.3. The van der Waals surface area contributed by atoms with Crippen LogP contribution in [0.15, 0.2) is 47.7 Å². The van der Waals surface area contributed by atoms with Crippen LogP contribution in [0.25, 0.3) is 0 Å². The van der Waals surface area contributed by atoms with Gasteiger partial charge in [-0.2, -0.15) is 5.10 Å². The summed E-state index contributed by atoms with van der Waals surface area (Å²) in [5.74, 6) is 1.75. The van der Waals surface area contributed by atoms with E-state index in [0.717, 1.165) is 51.5 Å². The van der Waals surface area contributed by atoms with Crippen molar-refractivity contribution in [2.75, 3.05) is 33.2 Å². The molecule has 1 saturated heterocycles. The van der Waals surface area contributed by atoms with Crippen molar-refractivity contribution in [3.8, 4) is 0 Å². The Morgan fingerprint density at radius 3 is 2.80 bits per heavy atom. The van der Waals surface area contributed by atoms with Gasteiger partial charge in [0.15, 0.2) is 5.96 Å². The lowest BCUT2D eigenvalue weighted by atomic mass is 10.0. The first-order valence-corrected chi connectivity index (χ1v) is 11.3. The second-order valence-corrected chi connectivity index (χ2v) is 8.60. The SMILES string of the molecule is CCNC(=NCCC(C)N(C)Cc1ccccc1)N1CCC(Cc2cnn(C)c2)C1. The van der Waals surface area contributed by atoms with Gasteiger partial charge >= 0.3 is 0 Å². The number of aryl methyl sites for hydroxylation is 1. The van der Waals surface area contributed by atoms with Crippen LogP contribution in [0.2, 0.25) is 0 Å². The van der Waals surface area contributed by atoms with Crippen LogP contribution in [0.3, 0.4) is 0 Å². The Morgan fingerprint density at radius 2 is 2.10 bits per heavy atom. The van der Waals surface area contributed by atoms with Gasteiger partial charge in [0.1, 0.15) is 0 Å². The highest BCUT2D eigenvalue weighted by Crippen LogP contribution is 2.21. The maximum Gasteiger partial charge on any atom is 0.193 e. The standard InChI is InChI=1S/C24H38N6/c1-5-25-24(30-14-12-22(19-30)15-23-16-27-29(4)18-23)26-13-11-20(2)28(3)17-21-9-7-6-8-10-21/h6-10,16,18,20,22H,5,11-15,17,19H2,1-4H3,(H,25,26). The first kappa shape index (κ1) is 22.3. The topological polar surface area (TPSA) is 48.7 Å². The van der Waals surface area contributed by atoms with Crippen molar-refractivity contribution in [1.82, 2.24) is 24.9 Å². The van der Waals surface area contributed by atoms with Crippen LogP contribution < -0.4 is 5.32 Å². The lowest BCUT2D eigenvalue weighted by Crippen LogP contribution is -2.40. The summed E-state index contributed by atoms with van der Waals surface area (Å²) in [5, 5.41) is 7.80. The minimum atomic E-state index is 0.494. The molecule has 0 amide bonds. The summed E-state index contributed by atoms with van der Waals surface area (Å²) in [6.45, 7) is 9.34. The summed E-state index contributed by atoms with van der Waals surface area (Å²) in [7, 11) is 4.19. The van der Waals surface area contributed by atoms with Crippen molar-refractivity contribution < 1.29 is 0 Å². The fourth-order valence-electron chi connectivity index (χ4n) is 4.13. The van der Waals surface area contributed by atoms with Gasteiger partial charge in [0.2, 0.25) is 0 Å². The molecule has 0 radical (unpaired) electrons. The van der Waals surface area contributed by atoms with Crippen LogP contribution in [-0.2, 0) is 20.0 Å². The van der Waals surface area contributed by atoms with Crippen LogP contribution in [-0.4, -0.2) is 64.8 Å². The van der Waals surface area contributed by atoms with E-state index in [1.807, 2.05) is 17.9 Å². The summed E-state index contributed by atoms with van der Waals surface area (Å²) in [5.41, 5.74) is 2.70. The highest BCUT2D eigenvalue weighted by molar-refractivity contribution is 5.80. The van der Waals surface area contributed by atoms with E-state index in [9.17, 15) is 0 Å². The lowest BCUT2D eigenvalue weighted by molar-refractivity contribution is 0.240. The molecule has 1 aliphatic heterocycles. The van der Waals surface area contributed by atoms with Crippen molar-refractivity contribution in [2.24, 2.45) is 18.0 Å². The highest BCUT2D eigenvalue weighted by atomic mass is 15.3. The fourth-order valence-corrected chi connectivity index (χ4v) is 4.13. The summed E-state index contributed by atoms with van der Waals surface area (Å²) < 4.78 is 1.89. The molecule has 1 fully saturated rings. The Hall–Kier alpha value is -2.34. The Balaban J connectivity index is 1.48. The van der Waals surface area contributed by atoms with Gasteiger partial charge in [0, 0.05) is 52.0 Å². The zero-order valence-corrected chi connectivity index (χ0v) is 19.1. The molecule has 0 saturated carbocycles.